The van der Waals surface area contributed by atoms with Crippen LogP contribution in [0.15, 0.2) is 48.7 Å². The molecule has 11 heteroatoms. The fourth-order valence-corrected chi connectivity index (χ4v) is 3.53. The second kappa shape index (κ2) is 10.2. The van der Waals surface area contributed by atoms with E-state index in [1.807, 2.05) is 0 Å². The Bertz CT molecular complexity index is 1280. The fraction of sp³-hybridized carbons (Fsp3) is 0.208. The fourth-order valence-electron chi connectivity index (χ4n) is 3.06. The maximum Gasteiger partial charge on any atom is 0.324 e. The van der Waals surface area contributed by atoms with Gasteiger partial charge in [0, 0.05) is 40.9 Å². The van der Waals surface area contributed by atoms with Crippen molar-refractivity contribution in [3.63, 3.8) is 0 Å². The van der Waals surface area contributed by atoms with Crippen molar-refractivity contribution in [1.82, 2.24) is 4.98 Å². The van der Waals surface area contributed by atoms with Crippen LogP contribution in [0.25, 0.3) is 11.1 Å². The number of aliphatic hydroxyl groups is 2. The van der Waals surface area contributed by atoms with E-state index in [1.54, 1.807) is 0 Å². The summed E-state index contributed by atoms with van der Waals surface area (Å²) in [5.41, 5.74) is 5.82. The van der Waals surface area contributed by atoms with Gasteiger partial charge in [-0.1, -0.05) is 43.1 Å². The number of aromatic nitrogens is 1. The maximum absolute atomic E-state index is 14.4. The highest BCUT2D eigenvalue weighted by atomic mass is 35.5. The van der Waals surface area contributed by atoms with Crippen molar-refractivity contribution < 1.29 is 28.9 Å². The van der Waals surface area contributed by atoms with Crippen LogP contribution in [0.1, 0.15) is 34.6 Å². The third-order valence-corrected chi connectivity index (χ3v) is 5.85. The summed E-state index contributed by atoms with van der Waals surface area (Å²) in [5, 5.41) is 20.9. The SMILES string of the molecule is CC(C)C(O)(O)Oc1cc(-c2cc(C(N)=O)ccc2Cl)cnc1N(C)C(=O)c1c(F)cccc1Cl. The highest BCUT2D eigenvalue weighted by molar-refractivity contribution is 6.34. The van der Waals surface area contributed by atoms with Crippen molar-refractivity contribution in [2.75, 3.05) is 11.9 Å². The van der Waals surface area contributed by atoms with E-state index in [4.69, 9.17) is 33.7 Å². The van der Waals surface area contributed by atoms with Gasteiger partial charge >= 0.3 is 5.97 Å². The molecule has 0 saturated carbocycles. The van der Waals surface area contributed by atoms with Crippen molar-refractivity contribution in [3.8, 4) is 16.9 Å². The van der Waals surface area contributed by atoms with Gasteiger partial charge in [0.25, 0.3) is 5.91 Å². The van der Waals surface area contributed by atoms with Gasteiger partial charge in [0.2, 0.25) is 5.91 Å². The van der Waals surface area contributed by atoms with Crippen molar-refractivity contribution >= 4 is 40.8 Å². The summed E-state index contributed by atoms with van der Waals surface area (Å²) < 4.78 is 19.8. The van der Waals surface area contributed by atoms with E-state index in [0.717, 1.165) is 11.0 Å². The van der Waals surface area contributed by atoms with E-state index >= 15 is 0 Å². The number of amides is 2. The number of primary amides is 1. The van der Waals surface area contributed by atoms with Crippen molar-refractivity contribution in [1.29, 1.82) is 0 Å². The molecular formula is C24H22Cl2FN3O5. The average molecular weight is 522 g/mol. The molecular weight excluding hydrogens is 500 g/mol. The minimum Gasteiger partial charge on any atom is -0.435 e. The van der Waals surface area contributed by atoms with Crippen LogP contribution in [0.2, 0.25) is 10.0 Å². The molecule has 0 spiro atoms. The molecule has 0 atom stereocenters. The highest BCUT2D eigenvalue weighted by Gasteiger charge is 2.33. The number of ether oxygens (including phenoxy) is 1. The first-order chi connectivity index (χ1) is 16.3. The topological polar surface area (TPSA) is 126 Å². The first kappa shape index (κ1) is 26.4. The van der Waals surface area contributed by atoms with Crippen LogP contribution in [0.4, 0.5) is 10.2 Å². The molecule has 1 aromatic heterocycles. The zero-order valence-corrected chi connectivity index (χ0v) is 20.4. The lowest BCUT2D eigenvalue weighted by molar-refractivity contribution is -0.317. The van der Waals surface area contributed by atoms with Gasteiger partial charge in [-0.2, -0.15) is 0 Å². The van der Waals surface area contributed by atoms with Gasteiger partial charge in [-0.25, -0.2) is 9.37 Å². The maximum atomic E-state index is 14.4. The summed E-state index contributed by atoms with van der Waals surface area (Å²) in [5.74, 6) is -6.20. The molecule has 0 aliphatic carbocycles. The average Bonchev–Trinajstić information content (AvgIpc) is 2.78. The van der Waals surface area contributed by atoms with Crippen LogP contribution < -0.4 is 15.4 Å². The quantitative estimate of drug-likeness (QED) is 0.399. The summed E-state index contributed by atoms with van der Waals surface area (Å²) in [7, 11) is 1.30. The summed E-state index contributed by atoms with van der Waals surface area (Å²) in [6.45, 7) is 3.00. The number of nitrogens with zero attached hydrogens (tertiary/aromatic N) is 2. The number of carbonyl (C=O) groups is 2. The molecule has 3 aromatic rings. The number of rotatable bonds is 7. The molecule has 1 heterocycles. The van der Waals surface area contributed by atoms with Gasteiger partial charge in [-0.05, 0) is 36.4 Å². The molecule has 0 unspecified atom stereocenters. The zero-order chi connectivity index (χ0) is 26.1. The predicted octanol–water partition coefficient (Wildman–Crippen LogP) is 4.24. The molecule has 0 radical (unpaired) electrons. The number of halogens is 3. The molecule has 0 bridgehead atoms. The molecule has 2 amide bonds. The molecule has 8 nitrogen and oxygen atoms in total. The number of pyridine rings is 1. The molecule has 3 rings (SSSR count). The van der Waals surface area contributed by atoms with Gasteiger partial charge in [-0.3, -0.25) is 14.5 Å². The van der Waals surface area contributed by atoms with Crippen LogP contribution in [-0.4, -0.2) is 40.0 Å². The van der Waals surface area contributed by atoms with E-state index in [0.29, 0.717) is 11.1 Å². The van der Waals surface area contributed by atoms with Crippen LogP contribution in [0, 0.1) is 11.7 Å². The van der Waals surface area contributed by atoms with E-state index in [9.17, 15) is 24.2 Å². The molecule has 184 valence electrons. The van der Waals surface area contributed by atoms with Gasteiger partial charge in [-0.15, -0.1) is 0 Å². The van der Waals surface area contributed by atoms with E-state index in [1.165, 1.54) is 63.5 Å². The van der Waals surface area contributed by atoms with E-state index in [2.05, 4.69) is 4.98 Å². The second-order valence-corrected chi connectivity index (χ2v) is 8.80. The van der Waals surface area contributed by atoms with E-state index < -0.39 is 35.1 Å². The van der Waals surface area contributed by atoms with Gasteiger partial charge in [0.15, 0.2) is 11.6 Å². The van der Waals surface area contributed by atoms with Gasteiger partial charge in [0.05, 0.1) is 10.6 Å². The lowest BCUT2D eigenvalue weighted by atomic mass is 10.0. The van der Waals surface area contributed by atoms with Crippen LogP contribution in [-0.2, 0) is 0 Å². The molecule has 0 fully saturated rings. The minimum atomic E-state index is -2.65. The normalized spacial score (nSPS) is 11.5. The Morgan fingerprint density at radius 1 is 1.14 bits per heavy atom. The molecule has 35 heavy (non-hydrogen) atoms. The number of carbonyl (C=O) groups excluding carboxylic acids is 2. The minimum absolute atomic E-state index is 0.114. The van der Waals surface area contributed by atoms with Gasteiger partial charge < -0.3 is 20.7 Å². The predicted molar refractivity (Wildman–Crippen MR) is 130 cm³/mol. The largest absolute Gasteiger partial charge is 0.435 e. The summed E-state index contributed by atoms with van der Waals surface area (Å²) >= 11 is 12.3. The highest BCUT2D eigenvalue weighted by Crippen LogP contribution is 2.37. The number of benzene rings is 2. The Morgan fingerprint density at radius 2 is 1.83 bits per heavy atom. The Balaban J connectivity index is 2.16. The number of nitrogens with two attached hydrogens (primary N) is 1. The monoisotopic (exact) mass is 521 g/mol. The van der Waals surface area contributed by atoms with Crippen LogP contribution in [0.5, 0.6) is 5.75 Å². The molecule has 0 aliphatic rings. The van der Waals surface area contributed by atoms with Crippen LogP contribution in [0.3, 0.4) is 0 Å². The molecule has 2 aromatic carbocycles. The Labute approximate surface area is 210 Å². The molecule has 0 aliphatic heterocycles. The van der Waals surface area contributed by atoms with Crippen LogP contribution >= 0.6 is 23.2 Å². The van der Waals surface area contributed by atoms with Crippen molar-refractivity contribution in [3.05, 3.63) is 75.7 Å². The Morgan fingerprint density at radius 3 is 2.43 bits per heavy atom. The smallest absolute Gasteiger partial charge is 0.324 e. The lowest BCUT2D eigenvalue weighted by Crippen LogP contribution is -2.41. The van der Waals surface area contributed by atoms with E-state index in [-0.39, 0.29) is 27.2 Å². The number of hydrogen-bond donors (Lipinski definition) is 3. The summed E-state index contributed by atoms with van der Waals surface area (Å²) in [4.78, 5) is 29.9. The lowest BCUT2D eigenvalue weighted by Gasteiger charge is -2.29. The molecule has 4 N–H and O–H groups in total. The van der Waals surface area contributed by atoms with Crippen molar-refractivity contribution in [2.45, 2.75) is 19.8 Å². The Kier molecular flexibility index (Phi) is 7.66. The molecule has 0 saturated heterocycles. The number of anilines is 1. The first-order valence-corrected chi connectivity index (χ1v) is 11.0. The number of hydrogen-bond acceptors (Lipinski definition) is 6. The zero-order valence-electron chi connectivity index (χ0n) is 18.9. The first-order valence-electron chi connectivity index (χ1n) is 10.3. The second-order valence-electron chi connectivity index (χ2n) is 7.98. The third kappa shape index (κ3) is 5.54. The summed E-state index contributed by atoms with van der Waals surface area (Å²) in [6.07, 6.45) is 1.33. The summed E-state index contributed by atoms with van der Waals surface area (Å²) in [6, 6.07) is 9.51. The third-order valence-electron chi connectivity index (χ3n) is 5.21. The standard InChI is InChI=1S/C24H22Cl2FN3O5/c1-12(2)24(33,34)35-19-10-14(15-9-13(21(28)31)7-8-16(15)25)11-29-22(19)30(3)23(32)20-17(26)5-4-6-18(20)27/h4-12,33-34H,1-3H3,(H2,28,31). The Hall–Kier alpha value is -3.24. The van der Waals surface area contributed by atoms with Crippen molar-refractivity contribution in [2.24, 2.45) is 11.7 Å². The van der Waals surface area contributed by atoms with Gasteiger partial charge in [0.1, 0.15) is 5.82 Å².